The molecule has 0 radical (unpaired) electrons. The molecule has 1 fully saturated rings. The van der Waals surface area contributed by atoms with Gasteiger partial charge in [-0.05, 0) is 61.3 Å². The van der Waals surface area contributed by atoms with Crippen LogP contribution in [-0.2, 0) is 9.09 Å². The molecule has 3 aromatic rings. The number of benzene rings is 3. The van der Waals surface area contributed by atoms with Crippen molar-refractivity contribution in [3.05, 3.63) is 96.1 Å². The Hall–Kier alpha value is -2.39. The predicted octanol–water partition coefficient (Wildman–Crippen LogP) is 7.82. The summed E-state index contributed by atoms with van der Waals surface area (Å²) < 4.78 is 22.3. The van der Waals surface area contributed by atoms with Gasteiger partial charge in [0.2, 0.25) is 0 Å². The van der Waals surface area contributed by atoms with Crippen LogP contribution in [0.4, 0.5) is 0 Å². The van der Waals surface area contributed by atoms with Crippen LogP contribution in [0.2, 0.25) is 0 Å². The maximum atomic E-state index is 15.4. The van der Waals surface area contributed by atoms with Crippen molar-refractivity contribution >= 4 is 12.7 Å². The zero-order valence-corrected chi connectivity index (χ0v) is 22.8. The minimum atomic E-state index is -3.55. The molecule has 36 heavy (non-hydrogen) atoms. The van der Waals surface area contributed by atoms with E-state index in [9.17, 15) is 5.11 Å². The molecule has 4 rings (SSSR count). The van der Waals surface area contributed by atoms with Gasteiger partial charge in [-0.1, -0.05) is 93.9 Å². The minimum absolute atomic E-state index is 0.109. The van der Waals surface area contributed by atoms with Crippen LogP contribution < -0.4 is 10.6 Å². The topological polar surface area (TPSA) is 58.6 Å². The van der Waals surface area contributed by atoms with Gasteiger partial charge in [-0.2, -0.15) is 0 Å². The smallest absolute Gasteiger partial charge is 0.253 e. The van der Waals surface area contributed by atoms with Crippen LogP contribution in [0.15, 0.2) is 84.9 Å². The van der Waals surface area contributed by atoms with Crippen molar-refractivity contribution < 1.29 is 14.2 Å². The number of hydrogen-bond acceptors (Lipinski definition) is 4. The van der Waals surface area contributed by atoms with Gasteiger partial charge in [-0.3, -0.25) is 9.88 Å². The van der Waals surface area contributed by atoms with Crippen LogP contribution in [0.1, 0.15) is 69.9 Å². The highest BCUT2D eigenvalue weighted by Crippen LogP contribution is 2.62. The van der Waals surface area contributed by atoms with E-state index >= 15 is 4.57 Å². The highest BCUT2D eigenvalue weighted by molar-refractivity contribution is 7.67. The van der Waals surface area contributed by atoms with E-state index in [0.29, 0.717) is 28.6 Å². The highest BCUT2D eigenvalue weighted by atomic mass is 31.2. The van der Waals surface area contributed by atoms with E-state index in [2.05, 4.69) is 45.1 Å². The van der Waals surface area contributed by atoms with E-state index < -0.39 is 13.2 Å². The fourth-order valence-corrected chi connectivity index (χ4v) is 8.29. The molecule has 1 aliphatic carbocycles. The summed E-state index contributed by atoms with van der Waals surface area (Å²) >= 11 is 0. The van der Waals surface area contributed by atoms with Crippen molar-refractivity contribution in [1.29, 1.82) is 0 Å². The van der Waals surface area contributed by atoms with Gasteiger partial charge in [0, 0.05) is 16.9 Å². The van der Waals surface area contributed by atoms with Gasteiger partial charge in [0.25, 0.3) is 7.37 Å². The van der Waals surface area contributed by atoms with Crippen molar-refractivity contribution in [2.75, 3.05) is 0 Å². The van der Waals surface area contributed by atoms with Crippen LogP contribution in [0.3, 0.4) is 0 Å². The molecule has 192 valence electrons. The molecule has 2 N–H and O–H groups in total. The molecular formula is C31H40NO3P. The molecule has 0 amide bonds. The minimum Gasteiger partial charge on any atom is -0.508 e. The first-order chi connectivity index (χ1) is 17.3. The third-order valence-corrected chi connectivity index (χ3v) is 10.4. The molecule has 0 heterocycles. The fourth-order valence-electron chi connectivity index (χ4n) is 5.51. The maximum absolute atomic E-state index is 15.4. The Labute approximate surface area is 216 Å². The highest BCUT2D eigenvalue weighted by Gasteiger charge is 2.44. The molecule has 0 spiro atoms. The van der Waals surface area contributed by atoms with Crippen molar-refractivity contribution in [3.8, 4) is 5.75 Å². The molecule has 1 saturated carbocycles. The van der Waals surface area contributed by atoms with E-state index in [1.807, 2.05) is 60.7 Å². The summed E-state index contributed by atoms with van der Waals surface area (Å²) in [5.41, 5.74) is 1.68. The molecule has 1 unspecified atom stereocenters. The van der Waals surface area contributed by atoms with Gasteiger partial charge in [0.1, 0.15) is 11.5 Å². The number of phenolic OH excluding ortho intramolecular Hbond substituents is 1. The van der Waals surface area contributed by atoms with Crippen LogP contribution >= 0.6 is 7.37 Å². The fraction of sp³-hybridized carbons (Fsp3) is 0.419. The van der Waals surface area contributed by atoms with E-state index in [-0.39, 0.29) is 17.9 Å². The molecule has 0 bridgehead atoms. The lowest BCUT2D eigenvalue weighted by Crippen LogP contribution is -2.37. The van der Waals surface area contributed by atoms with Gasteiger partial charge in [0.15, 0.2) is 0 Å². The summed E-state index contributed by atoms with van der Waals surface area (Å²) in [6.45, 7) is 8.80. The van der Waals surface area contributed by atoms with Crippen LogP contribution in [0.25, 0.3) is 0 Å². The molecule has 0 aromatic heterocycles. The Balaban J connectivity index is 1.82. The van der Waals surface area contributed by atoms with Crippen LogP contribution in [0, 0.1) is 17.8 Å². The Morgan fingerprint density at radius 2 is 1.50 bits per heavy atom. The normalized spacial score (nSPS) is 23.6. The van der Waals surface area contributed by atoms with Gasteiger partial charge in [-0.15, -0.1) is 0 Å². The second-order valence-electron chi connectivity index (χ2n) is 10.7. The number of phenols is 1. The number of aromatic hydroxyl groups is 1. The van der Waals surface area contributed by atoms with E-state index in [4.69, 9.17) is 4.52 Å². The molecule has 0 saturated heterocycles. The van der Waals surface area contributed by atoms with Gasteiger partial charge >= 0.3 is 0 Å². The zero-order valence-electron chi connectivity index (χ0n) is 21.9. The first kappa shape index (κ1) is 26.7. The Bertz CT molecular complexity index is 1150. The molecular weight excluding hydrogens is 465 g/mol. The first-order valence-corrected chi connectivity index (χ1v) is 14.9. The standard InChI is InChI=1S/C31H40NO3P/c1-22(2)27-20-19-23(3)21-30(27)35-36(34,26-15-9-6-10-16-26)31(28-17-11-12-18-29(28)33)32-24(4)25-13-7-5-8-14-25/h5-18,22-24,27,30-33H,19-21H2,1-4H3/t23-,24-,27+,30-,31+,36?/m1/s1. The van der Waals surface area contributed by atoms with Crippen molar-refractivity contribution in [1.82, 2.24) is 5.32 Å². The zero-order chi connectivity index (χ0) is 25.7. The largest absolute Gasteiger partial charge is 0.508 e. The summed E-state index contributed by atoms with van der Waals surface area (Å²) in [5.74, 6) is 0.712. The number of nitrogens with one attached hydrogen (secondary N) is 1. The second-order valence-corrected chi connectivity index (χ2v) is 13.1. The second kappa shape index (κ2) is 11.8. The summed E-state index contributed by atoms with van der Waals surface area (Å²) in [5, 5.41) is 15.2. The lowest BCUT2D eigenvalue weighted by molar-refractivity contribution is 0.0478. The van der Waals surface area contributed by atoms with Gasteiger partial charge in [-0.25, -0.2) is 0 Å². The van der Waals surface area contributed by atoms with Gasteiger partial charge in [0.05, 0.1) is 6.10 Å². The molecule has 6 atom stereocenters. The van der Waals surface area contributed by atoms with Crippen molar-refractivity contribution in [3.63, 3.8) is 0 Å². The quantitative estimate of drug-likeness (QED) is 0.291. The Morgan fingerprint density at radius 3 is 2.14 bits per heavy atom. The third-order valence-electron chi connectivity index (χ3n) is 7.65. The van der Waals surface area contributed by atoms with Crippen molar-refractivity contribution in [2.45, 2.75) is 64.9 Å². The van der Waals surface area contributed by atoms with E-state index in [1.165, 1.54) is 6.42 Å². The lowest BCUT2D eigenvalue weighted by atomic mass is 9.75. The number of para-hydroxylation sites is 1. The van der Waals surface area contributed by atoms with E-state index in [1.54, 1.807) is 12.1 Å². The number of hydrogen-bond donors (Lipinski definition) is 2. The number of rotatable bonds is 9. The van der Waals surface area contributed by atoms with Crippen LogP contribution in [0.5, 0.6) is 5.75 Å². The molecule has 3 aromatic carbocycles. The third kappa shape index (κ3) is 5.94. The molecule has 4 nitrogen and oxygen atoms in total. The van der Waals surface area contributed by atoms with Gasteiger partial charge < -0.3 is 9.63 Å². The Kier molecular flexibility index (Phi) is 8.72. The SMILES string of the molecule is CC(C)[C@@H]1CC[C@@H](C)C[C@H]1OP(=O)(c1ccccc1)[C@H](N[C@H](C)c1ccccc1)c1ccccc1O. The molecule has 5 heteroatoms. The maximum Gasteiger partial charge on any atom is 0.253 e. The van der Waals surface area contributed by atoms with E-state index in [0.717, 1.165) is 18.4 Å². The summed E-state index contributed by atoms with van der Waals surface area (Å²) in [6.07, 6.45) is 3.03. The van der Waals surface area contributed by atoms with Crippen LogP contribution in [-0.4, -0.2) is 11.2 Å². The lowest BCUT2D eigenvalue weighted by Gasteiger charge is -2.41. The predicted molar refractivity (Wildman–Crippen MR) is 149 cm³/mol. The summed E-state index contributed by atoms with van der Waals surface area (Å²) in [7, 11) is -3.55. The Morgan fingerprint density at radius 1 is 0.889 bits per heavy atom. The summed E-state index contributed by atoms with van der Waals surface area (Å²) in [6, 6.07) is 26.8. The monoisotopic (exact) mass is 505 g/mol. The molecule has 1 aliphatic rings. The first-order valence-electron chi connectivity index (χ1n) is 13.2. The average molecular weight is 506 g/mol. The molecule has 0 aliphatic heterocycles. The summed E-state index contributed by atoms with van der Waals surface area (Å²) in [4.78, 5) is 0. The average Bonchev–Trinajstić information content (AvgIpc) is 2.88. The van der Waals surface area contributed by atoms with Crippen molar-refractivity contribution in [2.24, 2.45) is 17.8 Å².